The van der Waals surface area contributed by atoms with Gasteiger partial charge in [0.15, 0.2) is 23.1 Å². The highest BCUT2D eigenvalue weighted by Crippen LogP contribution is 2.19. The number of carbonyl (C=O) groups excluding carboxylic acids is 1. The summed E-state index contributed by atoms with van der Waals surface area (Å²) in [5.41, 5.74) is 1.18. The number of hydrogen-bond acceptors (Lipinski definition) is 7. The number of rotatable bonds is 6. The van der Waals surface area contributed by atoms with Crippen molar-refractivity contribution in [3.8, 4) is 0 Å². The molecule has 0 unspecified atom stereocenters. The fourth-order valence-electron chi connectivity index (χ4n) is 1.94. The van der Waals surface area contributed by atoms with Crippen LogP contribution in [-0.2, 0) is 16.1 Å². The molecule has 2 aromatic rings. The summed E-state index contributed by atoms with van der Waals surface area (Å²) >= 11 is 0. The largest absolute Gasteiger partial charge is 0.463 e. The molecule has 120 valence electrons. The van der Waals surface area contributed by atoms with Crippen molar-refractivity contribution in [3.63, 3.8) is 0 Å². The van der Waals surface area contributed by atoms with Gasteiger partial charge in [0.1, 0.15) is 6.33 Å². The van der Waals surface area contributed by atoms with E-state index >= 15 is 0 Å². The lowest BCUT2D eigenvalue weighted by atomic mass is 10.2. The fraction of sp³-hybridized carbons (Fsp3) is 0.571. The molecule has 2 aromatic heterocycles. The first-order valence-corrected chi connectivity index (χ1v) is 7.08. The Morgan fingerprint density at radius 2 is 2.09 bits per heavy atom. The molecule has 0 aromatic carbocycles. The van der Waals surface area contributed by atoms with Gasteiger partial charge in [-0.25, -0.2) is 19.7 Å². The van der Waals surface area contributed by atoms with Gasteiger partial charge in [-0.3, -0.25) is 0 Å². The quantitative estimate of drug-likeness (QED) is 0.774. The summed E-state index contributed by atoms with van der Waals surface area (Å²) in [5, 5.41) is 9.96. The molecule has 8 heteroatoms. The third-order valence-corrected chi connectivity index (χ3v) is 3.01. The maximum atomic E-state index is 11.7. The molecule has 0 aliphatic rings. The first-order valence-electron chi connectivity index (χ1n) is 7.08. The summed E-state index contributed by atoms with van der Waals surface area (Å²) in [6, 6.07) is 0. The van der Waals surface area contributed by atoms with Gasteiger partial charge in [0.05, 0.1) is 19.5 Å². The van der Waals surface area contributed by atoms with Gasteiger partial charge >= 0.3 is 5.97 Å². The molecule has 22 heavy (non-hydrogen) atoms. The molecule has 0 aliphatic heterocycles. The molecule has 0 bridgehead atoms. The number of carbonyl (C=O) groups is 1. The molecule has 0 saturated heterocycles. The Kier molecular flexibility index (Phi) is 4.92. The van der Waals surface area contributed by atoms with Crippen LogP contribution in [0.5, 0.6) is 0 Å². The van der Waals surface area contributed by atoms with E-state index < -0.39 is 12.1 Å². The SMILES string of the molecule is CC(C)COC(=O)[C@H](O)Cn1cnc2c(N(C)C)ncnc21. The number of aliphatic hydroxyl groups is 1. The molecule has 1 atom stereocenters. The van der Waals surface area contributed by atoms with Gasteiger partial charge in [-0.2, -0.15) is 0 Å². The average Bonchev–Trinajstić information content (AvgIpc) is 2.87. The van der Waals surface area contributed by atoms with Crippen LogP contribution in [0.2, 0.25) is 0 Å². The number of ether oxygens (including phenoxy) is 1. The lowest BCUT2D eigenvalue weighted by molar-refractivity contribution is -0.155. The second-order valence-electron chi connectivity index (χ2n) is 5.70. The summed E-state index contributed by atoms with van der Waals surface area (Å²) in [6.45, 7) is 4.19. The summed E-state index contributed by atoms with van der Waals surface area (Å²) < 4.78 is 6.64. The van der Waals surface area contributed by atoms with E-state index in [-0.39, 0.29) is 19.1 Å². The summed E-state index contributed by atoms with van der Waals surface area (Å²) in [5.74, 6) is 0.263. The minimum atomic E-state index is -1.26. The maximum absolute atomic E-state index is 11.7. The number of fused-ring (bicyclic) bond motifs is 1. The van der Waals surface area contributed by atoms with Crippen molar-refractivity contribution in [1.82, 2.24) is 19.5 Å². The predicted molar refractivity (Wildman–Crippen MR) is 81.5 cm³/mol. The zero-order valence-electron chi connectivity index (χ0n) is 13.2. The number of aromatic nitrogens is 4. The monoisotopic (exact) mass is 307 g/mol. The van der Waals surface area contributed by atoms with Gasteiger partial charge in [0, 0.05) is 14.1 Å². The molecule has 2 heterocycles. The molecular formula is C14H21N5O3. The number of esters is 1. The number of anilines is 1. The van der Waals surface area contributed by atoms with Crippen molar-refractivity contribution in [2.75, 3.05) is 25.6 Å². The van der Waals surface area contributed by atoms with Crippen LogP contribution in [0, 0.1) is 5.92 Å². The van der Waals surface area contributed by atoms with Gasteiger partial charge in [0.25, 0.3) is 0 Å². The minimum Gasteiger partial charge on any atom is -0.463 e. The van der Waals surface area contributed by atoms with E-state index in [1.165, 1.54) is 12.7 Å². The van der Waals surface area contributed by atoms with Crippen LogP contribution < -0.4 is 4.90 Å². The van der Waals surface area contributed by atoms with Crippen molar-refractivity contribution in [3.05, 3.63) is 12.7 Å². The van der Waals surface area contributed by atoms with Gasteiger partial charge in [-0.05, 0) is 5.92 Å². The highest BCUT2D eigenvalue weighted by molar-refractivity contribution is 5.83. The standard InChI is InChI=1S/C14H21N5O3/c1-9(2)6-22-14(21)10(20)5-19-8-17-11-12(18(3)4)15-7-16-13(11)19/h7-10,20H,5-6H2,1-4H3/t10-/m1/s1. The Balaban J connectivity index is 2.15. The minimum absolute atomic E-state index is 0.0390. The van der Waals surface area contributed by atoms with Gasteiger partial charge in [-0.1, -0.05) is 13.8 Å². The lowest BCUT2D eigenvalue weighted by Crippen LogP contribution is -2.29. The van der Waals surface area contributed by atoms with Gasteiger partial charge < -0.3 is 19.3 Å². The molecule has 8 nitrogen and oxygen atoms in total. The molecule has 2 rings (SSSR count). The zero-order valence-corrected chi connectivity index (χ0v) is 13.2. The molecule has 0 saturated carbocycles. The van der Waals surface area contributed by atoms with Gasteiger partial charge in [0.2, 0.25) is 0 Å². The Labute approximate surface area is 128 Å². The third-order valence-electron chi connectivity index (χ3n) is 3.01. The Morgan fingerprint density at radius 3 is 2.73 bits per heavy atom. The number of aliphatic hydroxyl groups excluding tert-OH is 1. The maximum Gasteiger partial charge on any atom is 0.336 e. The highest BCUT2D eigenvalue weighted by atomic mass is 16.5. The van der Waals surface area contributed by atoms with E-state index in [0.717, 1.165) is 0 Å². The summed E-state index contributed by atoms with van der Waals surface area (Å²) in [7, 11) is 3.72. The zero-order chi connectivity index (χ0) is 16.3. The Hall–Kier alpha value is -2.22. The van der Waals surface area contributed by atoms with Crippen molar-refractivity contribution in [2.24, 2.45) is 5.92 Å². The molecule has 0 amide bonds. The second-order valence-corrected chi connectivity index (χ2v) is 5.70. The number of nitrogens with zero attached hydrogens (tertiary/aromatic N) is 5. The normalized spacial score (nSPS) is 12.6. The van der Waals surface area contributed by atoms with Crippen LogP contribution in [0.3, 0.4) is 0 Å². The van der Waals surface area contributed by atoms with Crippen LogP contribution in [0.15, 0.2) is 12.7 Å². The van der Waals surface area contributed by atoms with Crippen LogP contribution in [0.25, 0.3) is 11.2 Å². The van der Waals surface area contributed by atoms with Crippen molar-refractivity contribution in [2.45, 2.75) is 26.5 Å². The number of hydrogen-bond donors (Lipinski definition) is 1. The first kappa shape index (κ1) is 16.2. The Morgan fingerprint density at radius 1 is 1.36 bits per heavy atom. The predicted octanol–water partition coefficient (Wildman–Crippen LogP) is 0.452. The van der Waals surface area contributed by atoms with Gasteiger partial charge in [-0.15, -0.1) is 0 Å². The smallest absolute Gasteiger partial charge is 0.336 e. The van der Waals surface area contributed by atoms with Crippen LogP contribution >= 0.6 is 0 Å². The molecule has 0 spiro atoms. The molecule has 1 N–H and O–H groups in total. The van der Waals surface area contributed by atoms with Crippen LogP contribution in [0.4, 0.5) is 5.82 Å². The van der Waals surface area contributed by atoms with Crippen molar-refractivity contribution >= 4 is 23.0 Å². The van der Waals surface area contributed by atoms with Crippen LogP contribution in [-0.4, -0.2) is 57.4 Å². The van der Waals surface area contributed by atoms with E-state index in [2.05, 4.69) is 15.0 Å². The number of imidazole rings is 1. The molecule has 0 aliphatic carbocycles. The molecule has 0 radical (unpaired) electrons. The van der Waals surface area contributed by atoms with Crippen molar-refractivity contribution < 1.29 is 14.6 Å². The van der Waals surface area contributed by atoms with Crippen molar-refractivity contribution in [1.29, 1.82) is 0 Å². The topological polar surface area (TPSA) is 93.4 Å². The lowest BCUT2D eigenvalue weighted by Gasteiger charge is -2.13. The third kappa shape index (κ3) is 3.51. The van der Waals surface area contributed by atoms with E-state index in [1.54, 1.807) is 4.57 Å². The fourth-order valence-corrected chi connectivity index (χ4v) is 1.94. The first-order chi connectivity index (χ1) is 10.4. The highest BCUT2D eigenvalue weighted by Gasteiger charge is 2.20. The molecule has 0 fully saturated rings. The van der Waals surface area contributed by atoms with E-state index in [1.807, 2.05) is 32.8 Å². The van der Waals surface area contributed by atoms with E-state index in [4.69, 9.17) is 4.74 Å². The van der Waals surface area contributed by atoms with E-state index in [0.29, 0.717) is 17.0 Å². The molecular weight excluding hydrogens is 286 g/mol. The average molecular weight is 307 g/mol. The second kappa shape index (κ2) is 6.69. The Bertz CT molecular complexity index is 653. The van der Waals surface area contributed by atoms with Crippen LogP contribution in [0.1, 0.15) is 13.8 Å². The summed E-state index contributed by atoms with van der Waals surface area (Å²) in [6.07, 6.45) is 1.71. The summed E-state index contributed by atoms with van der Waals surface area (Å²) in [4.78, 5) is 26.2. The van der Waals surface area contributed by atoms with E-state index in [9.17, 15) is 9.90 Å².